The molecule has 0 aliphatic carbocycles. The highest BCUT2D eigenvalue weighted by atomic mass is 16.5. The van der Waals surface area contributed by atoms with Gasteiger partial charge in [-0.25, -0.2) is 4.68 Å². The molecular weight excluding hydrogens is 246 g/mol. The molecule has 2 aromatic rings. The zero-order valence-electron chi connectivity index (χ0n) is 11.3. The van der Waals surface area contributed by atoms with E-state index in [9.17, 15) is 0 Å². The Hall–Kier alpha value is -1.76. The lowest BCUT2D eigenvalue weighted by atomic mass is 10.1. The van der Waals surface area contributed by atoms with Gasteiger partial charge in [0.2, 0.25) is 5.89 Å². The van der Waals surface area contributed by atoms with Crippen molar-refractivity contribution in [3.05, 3.63) is 23.6 Å². The van der Waals surface area contributed by atoms with Crippen LogP contribution < -0.4 is 0 Å². The average Bonchev–Trinajstić information content (AvgIpc) is 2.96. The minimum Gasteiger partial charge on any atom is -0.396 e. The quantitative estimate of drug-likeness (QED) is 0.797. The van der Waals surface area contributed by atoms with Crippen molar-refractivity contribution in [1.29, 1.82) is 0 Å². The first-order valence-corrected chi connectivity index (χ1v) is 6.48. The van der Waals surface area contributed by atoms with E-state index < -0.39 is 0 Å². The Morgan fingerprint density at radius 2 is 2.26 bits per heavy atom. The molecule has 0 saturated carbocycles. The van der Waals surface area contributed by atoms with Crippen molar-refractivity contribution in [2.75, 3.05) is 6.61 Å². The standard InChI is InChI=1S/C12H19N5O2/c1-9(2)6-11-13-12(19-15-11)8-17-7-10(14-16-17)4-3-5-18/h7,9,18H,3-6,8H2,1-2H3. The second kappa shape index (κ2) is 6.42. The van der Waals surface area contributed by atoms with Crippen LogP contribution in [0.15, 0.2) is 10.7 Å². The molecule has 1 N–H and O–H groups in total. The first kappa shape index (κ1) is 13.7. The summed E-state index contributed by atoms with van der Waals surface area (Å²) in [6.45, 7) is 4.81. The molecule has 0 aliphatic rings. The van der Waals surface area contributed by atoms with Crippen LogP contribution in [0.2, 0.25) is 0 Å². The number of nitrogens with zero attached hydrogens (tertiary/aromatic N) is 5. The fourth-order valence-electron chi connectivity index (χ4n) is 1.73. The first-order valence-electron chi connectivity index (χ1n) is 6.48. The number of aromatic nitrogens is 5. The molecule has 7 heteroatoms. The Bertz CT molecular complexity index is 506. The second-order valence-electron chi connectivity index (χ2n) is 4.94. The second-order valence-corrected chi connectivity index (χ2v) is 4.94. The van der Waals surface area contributed by atoms with Crippen LogP contribution in [-0.4, -0.2) is 36.8 Å². The van der Waals surface area contributed by atoms with Crippen LogP contribution in [0.4, 0.5) is 0 Å². The van der Waals surface area contributed by atoms with Gasteiger partial charge < -0.3 is 9.63 Å². The van der Waals surface area contributed by atoms with E-state index in [1.165, 1.54) is 0 Å². The van der Waals surface area contributed by atoms with E-state index in [1.54, 1.807) is 4.68 Å². The largest absolute Gasteiger partial charge is 0.396 e. The summed E-state index contributed by atoms with van der Waals surface area (Å²) in [5.41, 5.74) is 0.857. The molecule has 2 heterocycles. The van der Waals surface area contributed by atoms with Gasteiger partial charge in [0, 0.05) is 19.2 Å². The summed E-state index contributed by atoms with van der Waals surface area (Å²) >= 11 is 0. The third kappa shape index (κ3) is 4.13. The molecule has 104 valence electrons. The van der Waals surface area contributed by atoms with Crippen LogP contribution in [-0.2, 0) is 19.4 Å². The van der Waals surface area contributed by atoms with Crippen LogP contribution in [0.5, 0.6) is 0 Å². The maximum atomic E-state index is 8.76. The summed E-state index contributed by atoms with van der Waals surface area (Å²) in [7, 11) is 0. The molecule has 2 aromatic heterocycles. The smallest absolute Gasteiger partial charge is 0.248 e. The molecule has 0 saturated heterocycles. The van der Waals surface area contributed by atoms with Gasteiger partial charge in [-0.15, -0.1) is 5.10 Å². The summed E-state index contributed by atoms with van der Waals surface area (Å²) < 4.78 is 6.84. The number of rotatable bonds is 7. The molecule has 2 rings (SSSR count). The lowest BCUT2D eigenvalue weighted by Gasteiger charge is -1.96. The lowest BCUT2D eigenvalue weighted by Crippen LogP contribution is -2.01. The average molecular weight is 265 g/mol. The van der Waals surface area contributed by atoms with E-state index in [0.29, 0.717) is 24.8 Å². The van der Waals surface area contributed by atoms with E-state index in [1.807, 2.05) is 6.20 Å². The van der Waals surface area contributed by atoms with Crippen LogP contribution in [0, 0.1) is 5.92 Å². The molecule has 0 aromatic carbocycles. The van der Waals surface area contributed by atoms with Crippen LogP contribution in [0.1, 0.15) is 37.7 Å². The van der Waals surface area contributed by atoms with Crippen molar-refractivity contribution in [3.63, 3.8) is 0 Å². The number of aliphatic hydroxyl groups is 1. The molecule has 7 nitrogen and oxygen atoms in total. The lowest BCUT2D eigenvalue weighted by molar-refractivity contribution is 0.288. The number of aryl methyl sites for hydroxylation is 1. The highest BCUT2D eigenvalue weighted by Gasteiger charge is 2.09. The van der Waals surface area contributed by atoms with Crippen molar-refractivity contribution < 1.29 is 9.63 Å². The predicted molar refractivity (Wildman–Crippen MR) is 67.4 cm³/mol. The molecule has 0 spiro atoms. The fourth-order valence-corrected chi connectivity index (χ4v) is 1.73. The van der Waals surface area contributed by atoms with Gasteiger partial charge in [-0.2, -0.15) is 4.98 Å². The Labute approximate surface area is 111 Å². The van der Waals surface area contributed by atoms with Gasteiger partial charge in [0.05, 0.1) is 5.69 Å². The molecule has 0 aliphatic heterocycles. The Morgan fingerprint density at radius 1 is 1.42 bits per heavy atom. The Kier molecular flexibility index (Phi) is 4.62. The summed E-state index contributed by atoms with van der Waals surface area (Å²) in [4.78, 5) is 4.31. The molecule has 19 heavy (non-hydrogen) atoms. The third-order valence-corrected chi connectivity index (χ3v) is 2.58. The summed E-state index contributed by atoms with van der Waals surface area (Å²) in [5.74, 6) is 1.77. The molecule has 0 unspecified atom stereocenters. The zero-order valence-corrected chi connectivity index (χ0v) is 11.3. The molecular formula is C12H19N5O2. The number of aliphatic hydroxyl groups excluding tert-OH is 1. The summed E-state index contributed by atoms with van der Waals surface area (Å²) in [5, 5.41) is 20.7. The van der Waals surface area contributed by atoms with E-state index >= 15 is 0 Å². The highest BCUT2D eigenvalue weighted by molar-refractivity contribution is 4.94. The maximum Gasteiger partial charge on any atom is 0.248 e. The third-order valence-electron chi connectivity index (χ3n) is 2.58. The topological polar surface area (TPSA) is 89.9 Å². The van der Waals surface area contributed by atoms with Crippen LogP contribution >= 0.6 is 0 Å². The predicted octanol–water partition coefficient (Wildman–Crippen LogP) is 0.833. The zero-order chi connectivity index (χ0) is 13.7. The minimum absolute atomic E-state index is 0.162. The maximum absolute atomic E-state index is 8.76. The van der Waals surface area contributed by atoms with Gasteiger partial charge in [0.1, 0.15) is 6.54 Å². The highest BCUT2D eigenvalue weighted by Crippen LogP contribution is 2.06. The van der Waals surface area contributed by atoms with Crippen molar-refractivity contribution in [1.82, 2.24) is 25.1 Å². The van der Waals surface area contributed by atoms with Gasteiger partial charge in [-0.1, -0.05) is 24.2 Å². The summed E-state index contributed by atoms with van der Waals surface area (Å²) in [6.07, 6.45) is 4.06. The SMILES string of the molecule is CC(C)Cc1noc(Cn2cc(CCCO)nn2)n1. The van der Waals surface area contributed by atoms with Crippen LogP contribution in [0.3, 0.4) is 0 Å². The number of hydrogen-bond acceptors (Lipinski definition) is 6. The Balaban J connectivity index is 1.93. The molecule has 0 amide bonds. The van der Waals surface area contributed by atoms with Crippen LogP contribution in [0.25, 0.3) is 0 Å². The molecule has 0 bridgehead atoms. The van der Waals surface area contributed by atoms with Crippen molar-refractivity contribution >= 4 is 0 Å². The first-order chi connectivity index (χ1) is 9.17. The van der Waals surface area contributed by atoms with Gasteiger partial charge >= 0.3 is 0 Å². The summed E-state index contributed by atoms with van der Waals surface area (Å²) in [6, 6.07) is 0. The molecule has 0 atom stereocenters. The van der Waals surface area contributed by atoms with Crippen molar-refractivity contribution in [2.45, 2.75) is 39.7 Å². The monoisotopic (exact) mass is 265 g/mol. The number of hydrogen-bond donors (Lipinski definition) is 1. The normalized spacial score (nSPS) is 11.4. The fraction of sp³-hybridized carbons (Fsp3) is 0.667. The molecule has 0 fully saturated rings. The van der Waals surface area contributed by atoms with Crippen molar-refractivity contribution in [2.24, 2.45) is 5.92 Å². The van der Waals surface area contributed by atoms with Gasteiger partial charge in [0.25, 0.3) is 0 Å². The van der Waals surface area contributed by atoms with Gasteiger partial charge in [-0.05, 0) is 18.8 Å². The minimum atomic E-state index is 0.162. The Morgan fingerprint density at radius 3 is 3.00 bits per heavy atom. The van der Waals surface area contributed by atoms with E-state index in [-0.39, 0.29) is 6.61 Å². The van der Waals surface area contributed by atoms with Gasteiger partial charge in [0.15, 0.2) is 5.82 Å². The molecule has 0 radical (unpaired) electrons. The van der Waals surface area contributed by atoms with Gasteiger partial charge in [-0.3, -0.25) is 0 Å². The van der Waals surface area contributed by atoms with E-state index in [0.717, 1.165) is 24.4 Å². The van der Waals surface area contributed by atoms with Crippen molar-refractivity contribution in [3.8, 4) is 0 Å². The van der Waals surface area contributed by atoms with E-state index in [4.69, 9.17) is 9.63 Å². The van der Waals surface area contributed by atoms with E-state index in [2.05, 4.69) is 34.3 Å².